The maximum atomic E-state index is 6.08. The summed E-state index contributed by atoms with van der Waals surface area (Å²) in [4.78, 5) is 13.4. The van der Waals surface area contributed by atoms with Gasteiger partial charge in [0.2, 0.25) is 5.95 Å². The Hall–Kier alpha value is -3.59. The molecule has 0 unspecified atom stereocenters. The van der Waals surface area contributed by atoms with Crippen LogP contribution in [-0.4, -0.2) is 20.8 Å². The van der Waals surface area contributed by atoms with Gasteiger partial charge in [0.15, 0.2) is 11.7 Å². The number of hydrogen-bond donors (Lipinski definition) is 3. The predicted molar refractivity (Wildman–Crippen MR) is 109 cm³/mol. The summed E-state index contributed by atoms with van der Waals surface area (Å²) >= 11 is 6.08. The van der Waals surface area contributed by atoms with Crippen molar-refractivity contribution in [2.45, 2.75) is 13.3 Å². The second-order valence-electron chi connectivity index (χ2n) is 5.66. The first-order chi connectivity index (χ1) is 13.6. The minimum atomic E-state index is 0.206. The van der Waals surface area contributed by atoms with Gasteiger partial charge in [-0.15, -0.1) is 5.10 Å². The van der Waals surface area contributed by atoms with Gasteiger partial charge in [0.05, 0.1) is 0 Å². The number of aryl methyl sites for hydroxylation is 1. The predicted octanol–water partition coefficient (Wildman–Crippen LogP) is 3.44. The molecule has 28 heavy (non-hydrogen) atoms. The van der Waals surface area contributed by atoms with Gasteiger partial charge in [-0.2, -0.15) is 9.97 Å². The molecule has 1 heterocycles. The first-order valence-electron chi connectivity index (χ1n) is 8.40. The molecule has 5 N–H and O–H groups in total. The molecule has 0 bridgehead atoms. The van der Waals surface area contributed by atoms with Crippen LogP contribution < -0.4 is 16.9 Å². The molecule has 0 saturated heterocycles. The van der Waals surface area contributed by atoms with Gasteiger partial charge >= 0.3 is 0 Å². The minimum absolute atomic E-state index is 0.206. The third-order valence-electron chi connectivity index (χ3n) is 3.72. The highest BCUT2D eigenvalue weighted by Crippen LogP contribution is 2.22. The summed E-state index contributed by atoms with van der Waals surface area (Å²) in [5.41, 5.74) is 8.08. The number of nitrogens with zero attached hydrogens (tertiary/aromatic N) is 6. The monoisotopic (exact) mass is 395 g/mol. The first-order valence-corrected chi connectivity index (χ1v) is 8.78. The zero-order valence-electron chi connectivity index (χ0n) is 15.0. The average molecular weight is 396 g/mol. The van der Waals surface area contributed by atoms with E-state index in [0.717, 1.165) is 11.3 Å². The van der Waals surface area contributed by atoms with Crippen LogP contribution in [0, 0.1) is 0 Å². The molecule has 0 spiro atoms. The van der Waals surface area contributed by atoms with Crippen LogP contribution in [0.25, 0.3) is 11.4 Å². The summed E-state index contributed by atoms with van der Waals surface area (Å²) in [6, 6.07) is 14.6. The molecule has 0 amide bonds. The molecule has 0 saturated carbocycles. The fourth-order valence-corrected chi connectivity index (χ4v) is 2.57. The molecule has 0 aliphatic rings. The normalized spacial score (nSPS) is 11.7. The average Bonchev–Trinajstić information content (AvgIpc) is 2.72. The lowest BCUT2D eigenvalue weighted by molar-refractivity contribution is 0.910. The number of nitrogens with one attached hydrogen (secondary N) is 1. The van der Waals surface area contributed by atoms with E-state index in [0.29, 0.717) is 34.6 Å². The quantitative estimate of drug-likeness (QED) is 0.192. The Bertz CT molecular complexity index is 1020. The van der Waals surface area contributed by atoms with Crippen LogP contribution in [0.4, 0.5) is 11.6 Å². The van der Waals surface area contributed by atoms with Crippen LogP contribution >= 0.6 is 11.6 Å². The van der Waals surface area contributed by atoms with Crippen molar-refractivity contribution >= 4 is 29.1 Å². The smallest absolute Gasteiger partial charge is 0.231 e. The molecule has 2 aromatic carbocycles. The van der Waals surface area contributed by atoms with Crippen molar-refractivity contribution in [2.75, 3.05) is 5.32 Å². The second kappa shape index (κ2) is 8.87. The van der Waals surface area contributed by atoms with E-state index in [9.17, 15) is 0 Å². The number of aromatic nitrogens is 3. The molecular weight excluding hydrogens is 378 g/mol. The highest BCUT2D eigenvalue weighted by atomic mass is 35.5. The van der Waals surface area contributed by atoms with Crippen molar-refractivity contribution in [3.8, 4) is 11.4 Å². The highest BCUT2D eigenvalue weighted by molar-refractivity contribution is 6.30. The summed E-state index contributed by atoms with van der Waals surface area (Å²) in [5, 5.41) is 13.8. The van der Waals surface area contributed by atoms with Crippen molar-refractivity contribution in [1.82, 2.24) is 15.0 Å². The van der Waals surface area contributed by atoms with Crippen LogP contribution in [0.15, 0.2) is 64.1 Å². The lowest BCUT2D eigenvalue weighted by Crippen LogP contribution is -2.12. The fourth-order valence-electron chi connectivity index (χ4n) is 2.38. The lowest BCUT2D eigenvalue weighted by atomic mass is 10.2. The Morgan fingerprint density at radius 2 is 1.89 bits per heavy atom. The van der Waals surface area contributed by atoms with Gasteiger partial charge in [0.1, 0.15) is 5.82 Å². The first kappa shape index (κ1) is 19.2. The Labute approximate surface area is 166 Å². The van der Waals surface area contributed by atoms with E-state index >= 15 is 0 Å². The van der Waals surface area contributed by atoms with E-state index < -0.39 is 0 Å². The van der Waals surface area contributed by atoms with Gasteiger partial charge in [0.25, 0.3) is 0 Å². The molecule has 1 aromatic heterocycles. The van der Waals surface area contributed by atoms with E-state index in [1.807, 2.05) is 37.3 Å². The fraction of sp³-hybridized carbons (Fsp3) is 0.111. The van der Waals surface area contributed by atoms with E-state index in [2.05, 4.69) is 35.8 Å². The van der Waals surface area contributed by atoms with Crippen molar-refractivity contribution in [3.63, 3.8) is 0 Å². The Balaban J connectivity index is 1.87. The summed E-state index contributed by atoms with van der Waals surface area (Å²) < 4.78 is 0. The van der Waals surface area contributed by atoms with E-state index in [1.54, 1.807) is 18.2 Å². The molecule has 142 valence electrons. The number of amidine groups is 1. The molecule has 10 heteroatoms. The molecule has 0 radical (unpaired) electrons. The van der Waals surface area contributed by atoms with Crippen LogP contribution in [0.1, 0.15) is 18.3 Å². The van der Waals surface area contributed by atoms with Gasteiger partial charge in [-0.3, -0.25) is 0 Å². The van der Waals surface area contributed by atoms with Gasteiger partial charge in [0, 0.05) is 28.3 Å². The van der Waals surface area contributed by atoms with Gasteiger partial charge in [-0.25, -0.2) is 4.98 Å². The van der Waals surface area contributed by atoms with Crippen molar-refractivity contribution in [3.05, 3.63) is 64.9 Å². The highest BCUT2D eigenvalue weighted by Gasteiger charge is 2.09. The van der Waals surface area contributed by atoms with E-state index in [1.165, 1.54) is 0 Å². The van der Waals surface area contributed by atoms with Crippen LogP contribution in [0.2, 0.25) is 5.02 Å². The zero-order valence-corrected chi connectivity index (χ0v) is 15.8. The summed E-state index contributed by atoms with van der Waals surface area (Å²) in [5.74, 6) is 6.78. The molecule has 9 nitrogen and oxygen atoms in total. The number of anilines is 2. The number of rotatable bonds is 6. The maximum absolute atomic E-state index is 6.08. The number of hydrogen-bond acceptors (Lipinski definition) is 6. The maximum Gasteiger partial charge on any atom is 0.231 e. The Kier molecular flexibility index (Phi) is 6.07. The number of benzene rings is 2. The summed E-state index contributed by atoms with van der Waals surface area (Å²) in [7, 11) is 0. The zero-order chi connectivity index (χ0) is 19.9. The second-order valence-corrected chi connectivity index (χ2v) is 6.09. The standard InChI is InChI=1S/C18H18ClN9/c1-2-15-23-17(12-4-3-5-13(19)10-12)25-18(24-15)22-14-8-6-11(7-9-14)16(20)26-28-27-21/h3-10H,2H2,1H3,(H2,21,28)(H2,20,26,27)(H,22,23,24,25). The van der Waals surface area contributed by atoms with Gasteiger partial charge in [-0.1, -0.05) is 35.9 Å². The third-order valence-corrected chi connectivity index (χ3v) is 3.96. The number of nitrogens with two attached hydrogens (primary N) is 2. The third kappa shape index (κ3) is 4.77. The molecule has 3 aromatic rings. The molecule has 0 fully saturated rings. The summed E-state index contributed by atoms with van der Waals surface area (Å²) in [6.45, 7) is 1.98. The van der Waals surface area contributed by atoms with Gasteiger partial charge in [-0.05, 0) is 41.6 Å². The lowest BCUT2D eigenvalue weighted by Gasteiger charge is -2.09. The van der Waals surface area contributed by atoms with Crippen molar-refractivity contribution in [2.24, 2.45) is 27.1 Å². The van der Waals surface area contributed by atoms with Crippen LogP contribution in [0.3, 0.4) is 0 Å². The molecule has 3 rings (SSSR count). The minimum Gasteiger partial charge on any atom is -0.382 e. The van der Waals surface area contributed by atoms with Gasteiger partial charge < -0.3 is 16.9 Å². The topological polar surface area (TPSA) is 140 Å². The largest absolute Gasteiger partial charge is 0.382 e. The van der Waals surface area contributed by atoms with Crippen LogP contribution in [-0.2, 0) is 6.42 Å². The van der Waals surface area contributed by atoms with E-state index in [-0.39, 0.29) is 5.84 Å². The Morgan fingerprint density at radius 1 is 1.11 bits per heavy atom. The molecule has 0 atom stereocenters. The molecular formula is C18H18ClN9. The number of halogens is 1. The Morgan fingerprint density at radius 3 is 2.57 bits per heavy atom. The summed E-state index contributed by atoms with van der Waals surface area (Å²) in [6.07, 6.45) is 0.673. The molecule has 0 aliphatic carbocycles. The molecule has 0 aliphatic heterocycles. The van der Waals surface area contributed by atoms with Crippen molar-refractivity contribution < 1.29 is 0 Å². The van der Waals surface area contributed by atoms with Crippen LogP contribution in [0.5, 0.6) is 0 Å². The SMILES string of the molecule is CCc1nc(Nc2ccc(C(N)=NN=NN)cc2)nc(-c2cccc(Cl)c2)n1. The van der Waals surface area contributed by atoms with Crippen molar-refractivity contribution in [1.29, 1.82) is 0 Å². The van der Waals surface area contributed by atoms with E-state index in [4.69, 9.17) is 23.2 Å².